The SMILES string of the molecule is C[C@@H](NC(=O)CSc1nc2ccccc2c(=O)n1-c1ccccc1Cl)C1CC1. The van der Waals surface area contributed by atoms with Crippen LogP contribution in [0.25, 0.3) is 16.6 Å². The van der Waals surface area contributed by atoms with Gasteiger partial charge in [-0.2, -0.15) is 0 Å². The third-order valence-corrected chi connectivity index (χ3v) is 6.15. The van der Waals surface area contributed by atoms with Crippen LogP contribution in [0.1, 0.15) is 19.8 Å². The monoisotopic (exact) mass is 413 g/mol. The summed E-state index contributed by atoms with van der Waals surface area (Å²) in [7, 11) is 0. The summed E-state index contributed by atoms with van der Waals surface area (Å²) < 4.78 is 1.49. The Morgan fingerprint density at radius 1 is 1.25 bits per heavy atom. The molecule has 0 radical (unpaired) electrons. The van der Waals surface area contributed by atoms with Crippen molar-refractivity contribution >= 4 is 40.2 Å². The van der Waals surface area contributed by atoms with Crippen molar-refractivity contribution < 1.29 is 4.79 Å². The predicted octanol–water partition coefficient (Wildman–Crippen LogP) is 4.05. The minimum absolute atomic E-state index is 0.0579. The summed E-state index contributed by atoms with van der Waals surface area (Å²) in [5, 5.41) is 4.45. The van der Waals surface area contributed by atoms with E-state index in [-0.39, 0.29) is 23.3 Å². The first kappa shape index (κ1) is 19.0. The Morgan fingerprint density at radius 2 is 1.96 bits per heavy atom. The van der Waals surface area contributed by atoms with Crippen molar-refractivity contribution in [1.82, 2.24) is 14.9 Å². The Hall–Kier alpha value is -2.31. The maximum absolute atomic E-state index is 13.2. The number of halogens is 1. The molecule has 5 nitrogen and oxygen atoms in total. The highest BCUT2D eigenvalue weighted by molar-refractivity contribution is 7.99. The standard InChI is InChI=1S/C21H20ClN3O2S/c1-13(14-10-11-14)23-19(26)12-28-21-24-17-8-4-2-6-15(17)20(27)25(21)18-9-5-3-7-16(18)22/h2-9,13-14H,10-12H2,1H3,(H,23,26)/t13-/m1/s1. The zero-order chi connectivity index (χ0) is 19.7. The zero-order valence-electron chi connectivity index (χ0n) is 15.4. The minimum atomic E-state index is -0.201. The Bertz CT molecular complexity index is 1090. The molecule has 28 heavy (non-hydrogen) atoms. The summed E-state index contributed by atoms with van der Waals surface area (Å²) in [5.41, 5.74) is 0.958. The Labute approximate surface area is 172 Å². The molecule has 0 bridgehead atoms. The normalized spacial score (nSPS) is 14.8. The molecule has 144 valence electrons. The zero-order valence-corrected chi connectivity index (χ0v) is 17.0. The fourth-order valence-corrected chi connectivity index (χ4v) is 4.23. The Kier molecular flexibility index (Phi) is 5.42. The molecule has 1 saturated carbocycles. The van der Waals surface area contributed by atoms with Crippen LogP contribution in [0.3, 0.4) is 0 Å². The van der Waals surface area contributed by atoms with Crippen molar-refractivity contribution in [2.45, 2.75) is 31.0 Å². The summed E-state index contributed by atoms with van der Waals surface area (Å²) in [4.78, 5) is 30.2. The first-order chi connectivity index (χ1) is 13.5. The van der Waals surface area contributed by atoms with E-state index in [0.717, 1.165) is 0 Å². The number of benzene rings is 2. The highest BCUT2D eigenvalue weighted by atomic mass is 35.5. The lowest BCUT2D eigenvalue weighted by atomic mass is 10.2. The van der Waals surface area contributed by atoms with Gasteiger partial charge in [0.15, 0.2) is 5.16 Å². The van der Waals surface area contributed by atoms with E-state index in [1.54, 1.807) is 24.3 Å². The smallest absolute Gasteiger partial charge is 0.266 e. The average molecular weight is 414 g/mol. The van der Waals surface area contributed by atoms with Crippen molar-refractivity contribution in [3.05, 3.63) is 63.9 Å². The van der Waals surface area contributed by atoms with Crippen LogP contribution in [-0.4, -0.2) is 27.3 Å². The second-order valence-corrected chi connectivity index (χ2v) is 8.34. The number of carbonyl (C=O) groups excluding carboxylic acids is 1. The molecule has 3 aromatic rings. The number of carbonyl (C=O) groups is 1. The molecule has 0 saturated heterocycles. The Morgan fingerprint density at radius 3 is 2.71 bits per heavy atom. The predicted molar refractivity (Wildman–Crippen MR) is 113 cm³/mol. The average Bonchev–Trinajstić information content (AvgIpc) is 3.53. The lowest BCUT2D eigenvalue weighted by Crippen LogP contribution is -2.35. The molecule has 1 N–H and O–H groups in total. The fraction of sp³-hybridized carbons (Fsp3) is 0.286. The fourth-order valence-electron chi connectivity index (χ4n) is 3.19. The number of rotatable bonds is 6. The quantitative estimate of drug-likeness (QED) is 0.489. The maximum Gasteiger partial charge on any atom is 0.266 e. The van der Waals surface area contributed by atoms with Gasteiger partial charge in [0.1, 0.15) is 0 Å². The van der Waals surface area contributed by atoms with Gasteiger partial charge in [-0.3, -0.25) is 14.2 Å². The molecule has 1 aliphatic rings. The largest absolute Gasteiger partial charge is 0.353 e. The molecular weight excluding hydrogens is 394 g/mol. The summed E-state index contributed by atoms with van der Waals surface area (Å²) in [6.07, 6.45) is 2.35. The van der Waals surface area contributed by atoms with Crippen molar-refractivity contribution in [3.8, 4) is 5.69 Å². The number of thioether (sulfide) groups is 1. The summed E-state index contributed by atoms with van der Waals surface area (Å²) in [5.74, 6) is 0.721. The van der Waals surface area contributed by atoms with E-state index in [1.807, 2.05) is 31.2 Å². The van der Waals surface area contributed by atoms with E-state index in [1.165, 1.54) is 29.2 Å². The summed E-state index contributed by atoms with van der Waals surface area (Å²) in [6, 6.07) is 14.5. The number of nitrogens with zero attached hydrogens (tertiary/aromatic N) is 2. The van der Waals surface area contributed by atoms with Gasteiger partial charge in [-0.05, 0) is 49.9 Å². The molecule has 0 aliphatic heterocycles. The van der Waals surface area contributed by atoms with Crippen molar-refractivity contribution in [1.29, 1.82) is 0 Å². The molecule has 1 heterocycles. The molecule has 0 spiro atoms. The van der Waals surface area contributed by atoms with Crippen LogP contribution in [0, 0.1) is 5.92 Å². The van der Waals surface area contributed by atoms with Crippen LogP contribution >= 0.6 is 23.4 Å². The molecule has 4 rings (SSSR count). The van der Waals surface area contributed by atoms with Gasteiger partial charge >= 0.3 is 0 Å². The highest BCUT2D eigenvalue weighted by Gasteiger charge is 2.29. The van der Waals surface area contributed by atoms with Crippen LogP contribution < -0.4 is 10.9 Å². The second kappa shape index (κ2) is 7.97. The van der Waals surface area contributed by atoms with Gasteiger partial charge in [0, 0.05) is 6.04 Å². The summed E-state index contributed by atoms with van der Waals surface area (Å²) >= 11 is 7.59. The number of nitrogens with one attached hydrogen (secondary N) is 1. The molecule has 1 aromatic heterocycles. The van der Waals surface area contributed by atoms with Gasteiger partial charge in [0.05, 0.1) is 27.4 Å². The van der Waals surface area contributed by atoms with Gasteiger partial charge in [-0.15, -0.1) is 0 Å². The van der Waals surface area contributed by atoms with Crippen LogP contribution in [0.15, 0.2) is 58.5 Å². The van der Waals surface area contributed by atoms with E-state index >= 15 is 0 Å². The van der Waals surface area contributed by atoms with Crippen LogP contribution in [-0.2, 0) is 4.79 Å². The molecule has 2 aromatic carbocycles. The molecular formula is C21H20ClN3O2S. The number of hydrogen-bond acceptors (Lipinski definition) is 4. The molecule has 1 fully saturated rings. The van der Waals surface area contributed by atoms with Gasteiger partial charge in [0.2, 0.25) is 5.91 Å². The molecule has 0 unspecified atom stereocenters. The number of aromatic nitrogens is 2. The molecule has 7 heteroatoms. The summed E-state index contributed by atoms with van der Waals surface area (Å²) in [6.45, 7) is 2.04. The topological polar surface area (TPSA) is 64.0 Å². The van der Waals surface area contributed by atoms with E-state index in [9.17, 15) is 9.59 Å². The lowest BCUT2D eigenvalue weighted by molar-refractivity contribution is -0.119. The number of amides is 1. The van der Waals surface area contributed by atoms with Crippen LogP contribution in [0.5, 0.6) is 0 Å². The number of para-hydroxylation sites is 2. The minimum Gasteiger partial charge on any atom is -0.353 e. The van der Waals surface area contributed by atoms with E-state index in [4.69, 9.17) is 11.6 Å². The van der Waals surface area contributed by atoms with Crippen molar-refractivity contribution in [3.63, 3.8) is 0 Å². The first-order valence-electron chi connectivity index (χ1n) is 9.23. The molecule has 1 amide bonds. The Balaban J connectivity index is 1.70. The number of hydrogen-bond donors (Lipinski definition) is 1. The molecule has 1 aliphatic carbocycles. The van der Waals surface area contributed by atoms with Crippen LogP contribution in [0.2, 0.25) is 5.02 Å². The molecule has 1 atom stereocenters. The van der Waals surface area contributed by atoms with Crippen molar-refractivity contribution in [2.24, 2.45) is 5.92 Å². The van der Waals surface area contributed by atoms with E-state index in [2.05, 4.69) is 10.3 Å². The van der Waals surface area contributed by atoms with Gasteiger partial charge in [-0.25, -0.2) is 4.98 Å². The highest BCUT2D eigenvalue weighted by Crippen LogP contribution is 2.32. The second-order valence-electron chi connectivity index (χ2n) is 6.99. The van der Waals surface area contributed by atoms with Gasteiger partial charge in [0.25, 0.3) is 5.56 Å². The maximum atomic E-state index is 13.2. The van der Waals surface area contributed by atoms with Gasteiger partial charge in [-0.1, -0.05) is 47.6 Å². The van der Waals surface area contributed by atoms with Gasteiger partial charge < -0.3 is 5.32 Å². The van der Waals surface area contributed by atoms with E-state index in [0.29, 0.717) is 32.7 Å². The third-order valence-electron chi connectivity index (χ3n) is 4.89. The third kappa shape index (κ3) is 3.93. The van der Waals surface area contributed by atoms with E-state index < -0.39 is 0 Å². The number of fused-ring (bicyclic) bond motifs is 1. The lowest BCUT2D eigenvalue weighted by Gasteiger charge is -2.15. The van der Waals surface area contributed by atoms with Crippen LogP contribution in [0.4, 0.5) is 0 Å². The first-order valence-corrected chi connectivity index (χ1v) is 10.6. The van der Waals surface area contributed by atoms with Crippen molar-refractivity contribution in [2.75, 3.05) is 5.75 Å².